The Balaban J connectivity index is 1.64. The highest BCUT2D eigenvalue weighted by Crippen LogP contribution is 2.15. The number of benzene rings is 1. The Bertz CT molecular complexity index is 873. The summed E-state index contributed by atoms with van der Waals surface area (Å²) in [6.07, 6.45) is 3.71. The van der Waals surface area contributed by atoms with Crippen LogP contribution in [0.3, 0.4) is 0 Å². The van der Waals surface area contributed by atoms with Crippen molar-refractivity contribution in [2.75, 3.05) is 13.1 Å². The van der Waals surface area contributed by atoms with Gasteiger partial charge >= 0.3 is 0 Å². The third-order valence-corrected chi connectivity index (χ3v) is 5.13. The maximum Gasteiger partial charge on any atom is 0.241 e. The highest BCUT2D eigenvalue weighted by atomic mass is 32.2. The van der Waals surface area contributed by atoms with Crippen LogP contribution < -0.4 is 4.72 Å². The summed E-state index contributed by atoms with van der Waals surface area (Å²) in [5, 5.41) is 0. The molecule has 3 rings (SSSR count). The largest absolute Gasteiger partial charge is 0.337 e. The van der Waals surface area contributed by atoms with Crippen LogP contribution in [0.25, 0.3) is 0 Å². The molecule has 24 heavy (non-hydrogen) atoms. The van der Waals surface area contributed by atoms with Crippen molar-refractivity contribution in [2.24, 2.45) is 0 Å². The lowest BCUT2D eigenvalue weighted by Gasteiger charge is -2.27. The maximum absolute atomic E-state index is 13.1. The minimum absolute atomic E-state index is 0.215. The van der Waals surface area contributed by atoms with Gasteiger partial charge in [-0.2, -0.15) is 0 Å². The normalized spacial score (nSPS) is 14.3. The molecule has 126 valence electrons. The number of rotatable bonds is 4. The van der Waals surface area contributed by atoms with Gasteiger partial charge in [-0.05, 0) is 18.2 Å². The van der Waals surface area contributed by atoms with E-state index in [1.807, 2.05) is 0 Å². The molecule has 0 fully saturated rings. The number of sulfonamides is 1. The third kappa shape index (κ3) is 3.57. The van der Waals surface area contributed by atoms with Crippen LogP contribution in [0, 0.1) is 5.82 Å². The standard InChI is InChI=1S/C15H15FN4O3S/c16-12-2-1-3-13(6-12)24(22,23)19-8-15(21)20-5-4-14-11(9-20)7-17-10-18-14/h1-3,6-7,10,19H,4-5,8-9H2. The van der Waals surface area contributed by atoms with Crippen molar-refractivity contribution in [1.82, 2.24) is 19.6 Å². The van der Waals surface area contributed by atoms with Gasteiger partial charge in [-0.1, -0.05) is 6.07 Å². The van der Waals surface area contributed by atoms with Crippen LogP contribution in [0.1, 0.15) is 11.3 Å². The zero-order valence-electron chi connectivity index (χ0n) is 12.6. The van der Waals surface area contributed by atoms with Crippen molar-refractivity contribution in [3.63, 3.8) is 0 Å². The average molecular weight is 350 g/mol. The average Bonchev–Trinajstić information content (AvgIpc) is 2.59. The molecule has 0 spiro atoms. The number of hydrogen-bond donors (Lipinski definition) is 1. The number of aromatic nitrogens is 2. The summed E-state index contributed by atoms with van der Waals surface area (Å²) < 4.78 is 39.6. The number of nitrogens with one attached hydrogen (secondary N) is 1. The first-order valence-corrected chi connectivity index (χ1v) is 8.75. The summed E-state index contributed by atoms with van der Waals surface area (Å²) >= 11 is 0. The Morgan fingerprint density at radius 1 is 1.38 bits per heavy atom. The van der Waals surface area contributed by atoms with E-state index in [-0.39, 0.29) is 17.3 Å². The van der Waals surface area contributed by atoms with E-state index >= 15 is 0 Å². The number of halogens is 1. The molecule has 1 aromatic heterocycles. The smallest absolute Gasteiger partial charge is 0.241 e. The van der Waals surface area contributed by atoms with E-state index in [1.165, 1.54) is 18.5 Å². The van der Waals surface area contributed by atoms with Crippen LogP contribution >= 0.6 is 0 Å². The van der Waals surface area contributed by atoms with Crippen molar-refractivity contribution < 1.29 is 17.6 Å². The van der Waals surface area contributed by atoms with E-state index in [9.17, 15) is 17.6 Å². The SMILES string of the molecule is O=C(CNS(=O)(=O)c1cccc(F)c1)N1CCc2ncncc2C1. The lowest BCUT2D eigenvalue weighted by Crippen LogP contribution is -2.42. The molecule has 2 heterocycles. The minimum atomic E-state index is -3.94. The van der Waals surface area contributed by atoms with E-state index in [0.29, 0.717) is 19.5 Å². The van der Waals surface area contributed by atoms with E-state index in [2.05, 4.69) is 14.7 Å². The molecule has 1 aromatic carbocycles. The zero-order valence-corrected chi connectivity index (χ0v) is 13.5. The first-order valence-electron chi connectivity index (χ1n) is 7.26. The van der Waals surface area contributed by atoms with Gasteiger partial charge in [-0.15, -0.1) is 0 Å². The minimum Gasteiger partial charge on any atom is -0.337 e. The molecule has 0 atom stereocenters. The second-order valence-electron chi connectivity index (χ2n) is 5.34. The van der Waals surface area contributed by atoms with Crippen LogP contribution in [-0.2, 0) is 27.8 Å². The summed E-state index contributed by atoms with van der Waals surface area (Å²) in [6, 6.07) is 4.62. The summed E-state index contributed by atoms with van der Waals surface area (Å²) in [4.78, 5) is 21.6. The Kier molecular flexibility index (Phi) is 4.54. The van der Waals surface area contributed by atoms with Crippen LogP contribution in [-0.4, -0.2) is 42.3 Å². The summed E-state index contributed by atoms with van der Waals surface area (Å²) in [5.74, 6) is -1.01. The molecule has 2 aromatic rings. The second kappa shape index (κ2) is 6.62. The number of nitrogens with zero attached hydrogens (tertiary/aromatic N) is 3. The van der Waals surface area contributed by atoms with Crippen molar-refractivity contribution in [3.05, 3.63) is 53.9 Å². The summed E-state index contributed by atoms with van der Waals surface area (Å²) in [5.41, 5.74) is 1.75. The molecule has 0 saturated carbocycles. The van der Waals surface area contributed by atoms with E-state index in [1.54, 1.807) is 11.1 Å². The van der Waals surface area contributed by atoms with Crippen molar-refractivity contribution in [2.45, 2.75) is 17.9 Å². The molecule has 0 bridgehead atoms. The molecule has 0 saturated heterocycles. The number of carbonyl (C=O) groups is 1. The van der Waals surface area contributed by atoms with Gasteiger partial charge in [0.05, 0.1) is 17.1 Å². The maximum atomic E-state index is 13.1. The molecular formula is C15H15FN4O3S. The van der Waals surface area contributed by atoms with E-state index in [0.717, 1.165) is 23.4 Å². The highest BCUT2D eigenvalue weighted by Gasteiger charge is 2.23. The van der Waals surface area contributed by atoms with Gasteiger partial charge in [0, 0.05) is 31.3 Å². The molecule has 1 amide bonds. The van der Waals surface area contributed by atoms with Crippen LogP contribution in [0.2, 0.25) is 0 Å². The number of carbonyl (C=O) groups excluding carboxylic acids is 1. The van der Waals surface area contributed by atoms with Crippen LogP contribution in [0.15, 0.2) is 41.7 Å². The summed E-state index contributed by atoms with van der Waals surface area (Å²) in [6.45, 7) is 0.420. The fourth-order valence-electron chi connectivity index (χ4n) is 2.47. The van der Waals surface area contributed by atoms with Gasteiger partial charge in [0.15, 0.2) is 0 Å². The second-order valence-corrected chi connectivity index (χ2v) is 7.11. The van der Waals surface area contributed by atoms with Crippen molar-refractivity contribution in [1.29, 1.82) is 0 Å². The summed E-state index contributed by atoms with van der Waals surface area (Å²) in [7, 11) is -3.94. The van der Waals surface area contributed by atoms with Crippen LogP contribution in [0.4, 0.5) is 4.39 Å². The molecule has 0 aliphatic carbocycles. The lowest BCUT2D eigenvalue weighted by atomic mass is 10.1. The topological polar surface area (TPSA) is 92.3 Å². The van der Waals surface area contributed by atoms with Gasteiger partial charge < -0.3 is 4.90 Å². The predicted molar refractivity (Wildman–Crippen MR) is 82.7 cm³/mol. The van der Waals surface area contributed by atoms with E-state index in [4.69, 9.17) is 0 Å². The molecule has 0 unspecified atom stereocenters. The fourth-order valence-corrected chi connectivity index (χ4v) is 3.47. The molecule has 0 radical (unpaired) electrons. The fraction of sp³-hybridized carbons (Fsp3) is 0.267. The first-order chi connectivity index (χ1) is 11.5. The van der Waals surface area contributed by atoms with Crippen molar-refractivity contribution in [3.8, 4) is 0 Å². The lowest BCUT2D eigenvalue weighted by molar-refractivity contribution is -0.130. The van der Waals surface area contributed by atoms with E-state index < -0.39 is 15.8 Å². The van der Waals surface area contributed by atoms with Crippen molar-refractivity contribution >= 4 is 15.9 Å². The number of amides is 1. The van der Waals surface area contributed by atoms with Gasteiger partial charge in [0.1, 0.15) is 12.1 Å². The quantitative estimate of drug-likeness (QED) is 0.866. The Morgan fingerprint density at radius 2 is 2.21 bits per heavy atom. The monoisotopic (exact) mass is 350 g/mol. The molecule has 1 aliphatic heterocycles. The first kappa shape index (κ1) is 16.5. The van der Waals surface area contributed by atoms with Gasteiger partial charge in [0.25, 0.3) is 0 Å². The number of fused-ring (bicyclic) bond motifs is 1. The van der Waals surface area contributed by atoms with Gasteiger partial charge in [0.2, 0.25) is 15.9 Å². The van der Waals surface area contributed by atoms with Gasteiger partial charge in [-0.3, -0.25) is 4.79 Å². The number of hydrogen-bond acceptors (Lipinski definition) is 5. The predicted octanol–water partition coefficient (Wildman–Crippen LogP) is 0.479. The molecular weight excluding hydrogens is 335 g/mol. The molecule has 7 nitrogen and oxygen atoms in total. The third-order valence-electron chi connectivity index (χ3n) is 3.73. The zero-order chi connectivity index (χ0) is 17.2. The Labute approximate surface area is 138 Å². The van der Waals surface area contributed by atoms with Gasteiger partial charge in [-0.25, -0.2) is 27.5 Å². The van der Waals surface area contributed by atoms with Crippen LogP contribution in [0.5, 0.6) is 0 Å². The Morgan fingerprint density at radius 3 is 3.00 bits per heavy atom. The molecule has 1 N–H and O–H groups in total. The molecule has 9 heteroatoms. The Hall–Kier alpha value is -2.39. The highest BCUT2D eigenvalue weighted by molar-refractivity contribution is 7.89. The molecule has 1 aliphatic rings.